The van der Waals surface area contributed by atoms with Crippen molar-refractivity contribution in [1.29, 1.82) is 0 Å². The maximum atomic E-state index is 12.7. The van der Waals surface area contributed by atoms with Gasteiger partial charge in [0.1, 0.15) is 73.2 Å². The molecular formula is C48H82O19. The van der Waals surface area contributed by atoms with Crippen LogP contribution in [0.2, 0.25) is 0 Å². The van der Waals surface area contributed by atoms with E-state index >= 15 is 0 Å². The molecule has 4 saturated carbocycles. The van der Waals surface area contributed by atoms with E-state index in [0.29, 0.717) is 51.4 Å². The summed E-state index contributed by atoms with van der Waals surface area (Å²) >= 11 is 0. The van der Waals surface area contributed by atoms with Crippen LogP contribution in [-0.4, -0.2) is 202 Å². The van der Waals surface area contributed by atoms with Gasteiger partial charge in [-0.2, -0.15) is 0 Å². The third-order valence-electron chi connectivity index (χ3n) is 18.7. The minimum absolute atomic E-state index is 0.0733. The average molecular weight is 963 g/mol. The molecule has 0 amide bonds. The van der Waals surface area contributed by atoms with Gasteiger partial charge in [0.15, 0.2) is 18.9 Å². The molecule has 7 aliphatic rings. The summed E-state index contributed by atoms with van der Waals surface area (Å²) < 4.78 is 37.0. The van der Waals surface area contributed by atoms with Gasteiger partial charge in [0.25, 0.3) is 0 Å². The second kappa shape index (κ2) is 19.8. The second-order valence-electron chi connectivity index (χ2n) is 23.1. The molecule has 19 heteroatoms. The molecule has 0 aromatic carbocycles. The number of rotatable bonds is 13. The summed E-state index contributed by atoms with van der Waals surface area (Å²) in [6, 6.07) is 0. The van der Waals surface area contributed by atoms with Crippen molar-refractivity contribution in [2.45, 2.75) is 223 Å². The number of ether oxygens (including phenoxy) is 6. The number of aliphatic hydroxyl groups is 13. The van der Waals surface area contributed by atoms with E-state index in [-0.39, 0.29) is 23.7 Å². The van der Waals surface area contributed by atoms with E-state index in [1.54, 1.807) is 0 Å². The molecule has 67 heavy (non-hydrogen) atoms. The van der Waals surface area contributed by atoms with Gasteiger partial charge >= 0.3 is 0 Å². The van der Waals surface area contributed by atoms with Crippen LogP contribution in [0.1, 0.15) is 107 Å². The molecule has 3 aliphatic heterocycles. The lowest BCUT2D eigenvalue weighted by Crippen LogP contribution is -2.70. The minimum Gasteiger partial charge on any atom is -0.394 e. The quantitative estimate of drug-likeness (QED) is 0.0773. The van der Waals surface area contributed by atoms with Crippen LogP contribution in [0.25, 0.3) is 0 Å². The first kappa shape index (κ1) is 53.8. The molecule has 7 rings (SSSR count). The van der Waals surface area contributed by atoms with Crippen molar-refractivity contribution in [2.75, 3.05) is 19.8 Å². The van der Waals surface area contributed by atoms with Crippen LogP contribution in [0.5, 0.6) is 0 Å². The molecule has 0 radical (unpaired) electrons. The summed E-state index contributed by atoms with van der Waals surface area (Å²) in [6.07, 6.45) is -19.2. The molecule has 0 bridgehead atoms. The van der Waals surface area contributed by atoms with Crippen LogP contribution >= 0.6 is 0 Å². The molecule has 0 aromatic rings. The van der Waals surface area contributed by atoms with E-state index in [9.17, 15) is 66.4 Å². The minimum atomic E-state index is -1.83. The number of fused-ring (bicyclic) bond motifs is 5. The second-order valence-corrected chi connectivity index (χ2v) is 23.1. The predicted octanol–water partition coefficient (Wildman–Crippen LogP) is -1.06. The highest BCUT2D eigenvalue weighted by molar-refractivity contribution is 5.22. The molecule has 0 spiro atoms. The van der Waals surface area contributed by atoms with E-state index in [4.69, 9.17) is 28.4 Å². The van der Waals surface area contributed by atoms with Crippen molar-refractivity contribution in [2.24, 2.45) is 45.3 Å². The molecule has 0 aromatic heterocycles. The Morgan fingerprint density at radius 1 is 0.627 bits per heavy atom. The lowest BCUT2D eigenvalue weighted by molar-refractivity contribution is -0.380. The van der Waals surface area contributed by atoms with Crippen molar-refractivity contribution in [3.8, 4) is 0 Å². The Hall–Kier alpha value is -1.02. The Bertz CT molecular complexity index is 1710. The first-order valence-electron chi connectivity index (χ1n) is 24.5. The standard InChI is InChI=1S/C48H82O19/c1-21(2)10-9-13-48(8,67-42-38(61)35(58)32(55)26(19-50)63-42)22-11-15-46(6)30(22)23(52)16-28-45(5)14-12-29(44(3,4)40(45)24(53)17-47(28,46)7)65-43-39(36(59)33(56)27(20-51)64-43)66-41-37(60)34(57)31(54)25(18-49)62-41/h10,22-43,49-61H,9,11-20H2,1-8H3/t22-,23-,24-,25-,26+,27-,28-,29+,30+,31+,32+,33-,34+,35-,36+,37+,38+,39+,40+,41+,42-,43+,45+,46-,47+,48+/m1/s1. The van der Waals surface area contributed by atoms with Crippen LogP contribution in [0.15, 0.2) is 11.6 Å². The molecule has 3 saturated heterocycles. The number of allylic oxidation sites excluding steroid dienone is 2. The van der Waals surface area contributed by atoms with Gasteiger partial charge in [-0.05, 0) is 117 Å². The maximum Gasteiger partial charge on any atom is 0.187 e. The van der Waals surface area contributed by atoms with E-state index < -0.39 is 158 Å². The molecule has 7 fully saturated rings. The largest absolute Gasteiger partial charge is 0.394 e. The van der Waals surface area contributed by atoms with Crippen LogP contribution in [0, 0.1) is 45.3 Å². The normalized spacial score (nSPS) is 52.9. The Kier molecular flexibility index (Phi) is 15.9. The summed E-state index contributed by atoms with van der Waals surface area (Å²) in [5.74, 6) is -1.02. The molecule has 0 unspecified atom stereocenters. The molecular weight excluding hydrogens is 881 g/mol. The van der Waals surface area contributed by atoms with Crippen molar-refractivity contribution in [1.82, 2.24) is 0 Å². The fourth-order valence-corrected chi connectivity index (χ4v) is 15.1. The van der Waals surface area contributed by atoms with Crippen molar-refractivity contribution in [3.05, 3.63) is 11.6 Å². The molecule has 26 atom stereocenters. The predicted molar refractivity (Wildman–Crippen MR) is 235 cm³/mol. The van der Waals surface area contributed by atoms with Gasteiger partial charge < -0.3 is 94.8 Å². The van der Waals surface area contributed by atoms with Gasteiger partial charge in [-0.3, -0.25) is 0 Å². The molecule has 3 heterocycles. The summed E-state index contributed by atoms with van der Waals surface area (Å²) in [5, 5.41) is 142. The van der Waals surface area contributed by atoms with Crippen LogP contribution in [0.3, 0.4) is 0 Å². The lowest BCUT2D eigenvalue weighted by Gasteiger charge is -2.71. The Labute approximate surface area is 393 Å². The van der Waals surface area contributed by atoms with E-state index in [2.05, 4.69) is 26.8 Å². The van der Waals surface area contributed by atoms with Crippen molar-refractivity contribution >= 4 is 0 Å². The highest BCUT2D eigenvalue weighted by Gasteiger charge is 2.74. The fraction of sp³-hybridized carbons (Fsp3) is 0.958. The van der Waals surface area contributed by atoms with Crippen molar-refractivity contribution < 1.29 is 94.8 Å². The monoisotopic (exact) mass is 963 g/mol. The average Bonchev–Trinajstić information content (AvgIpc) is 3.65. The van der Waals surface area contributed by atoms with Crippen molar-refractivity contribution in [3.63, 3.8) is 0 Å². The van der Waals surface area contributed by atoms with Crippen LogP contribution < -0.4 is 0 Å². The molecule has 388 valence electrons. The first-order valence-corrected chi connectivity index (χ1v) is 24.5. The van der Waals surface area contributed by atoms with Crippen LogP contribution in [0.4, 0.5) is 0 Å². The zero-order chi connectivity index (χ0) is 49.5. The van der Waals surface area contributed by atoms with Gasteiger partial charge in [-0.15, -0.1) is 0 Å². The maximum absolute atomic E-state index is 12.7. The number of hydrogen-bond donors (Lipinski definition) is 13. The highest BCUT2D eigenvalue weighted by atomic mass is 16.8. The van der Waals surface area contributed by atoms with Gasteiger partial charge in [-0.1, -0.05) is 46.3 Å². The summed E-state index contributed by atoms with van der Waals surface area (Å²) in [4.78, 5) is 0. The van der Waals surface area contributed by atoms with E-state index in [0.717, 1.165) is 5.57 Å². The Morgan fingerprint density at radius 3 is 1.73 bits per heavy atom. The summed E-state index contributed by atoms with van der Waals surface area (Å²) in [5.41, 5.74) is -2.23. The SMILES string of the molecule is CC(C)=CCC[C@](C)(O[C@H]1O[C@@H](CO)[C@H](O)[C@@H](O)[C@@H]1O)[C@@H]1CC[C@]2(C)[C@@H]1[C@H](O)C[C@@H]1[C@]3(C)CC[C@H](O[C@@H]4O[C@H](CO)[C@@H](O)[C@H](O)[C@@H]4O[C@@H]4O[C@H](CO)[C@H](O)[C@H](O)[C@@H]4O)C(C)(C)[C@@H]3[C@H](O)C[C@@]12C. The Balaban J connectivity index is 1.15. The lowest BCUT2D eigenvalue weighted by atomic mass is 9.34. The molecule has 13 N–H and O–H groups in total. The smallest absolute Gasteiger partial charge is 0.187 e. The fourth-order valence-electron chi connectivity index (χ4n) is 15.1. The molecule has 19 nitrogen and oxygen atoms in total. The van der Waals surface area contributed by atoms with Gasteiger partial charge in [0.05, 0.1) is 43.7 Å². The first-order chi connectivity index (χ1) is 31.3. The van der Waals surface area contributed by atoms with Crippen LogP contribution in [-0.2, 0) is 28.4 Å². The number of aliphatic hydroxyl groups excluding tert-OH is 13. The third-order valence-corrected chi connectivity index (χ3v) is 18.7. The topological polar surface area (TPSA) is 318 Å². The third kappa shape index (κ3) is 9.03. The zero-order valence-corrected chi connectivity index (χ0v) is 40.3. The highest BCUT2D eigenvalue weighted by Crippen LogP contribution is 2.76. The molecule has 4 aliphatic carbocycles. The van der Waals surface area contributed by atoms with Gasteiger partial charge in [0, 0.05) is 0 Å². The van der Waals surface area contributed by atoms with Gasteiger partial charge in [-0.25, -0.2) is 0 Å². The zero-order valence-electron chi connectivity index (χ0n) is 40.3. The van der Waals surface area contributed by atoms with Gasteiger partial charge in [0.2, 0.25) is 0 Å². The Morgan fingerprint density at radius 2 is 1.16 bits per heavy atom. The summed E-state index contributed by atoms with van der Waals surface area (Å²) in [7, 11) is 0. The van der Waals surface area contributed by atoms with E-state index in [1.165, 1.54) is 0 Å². The number of hydrogen-bond acceptors (Lipinski definition) is 19. The van der Waals surface area contributed by atoms with E-state index in [1.807, 2.05) is 34.6 Å². The summed E-state index contributed by atoms with van der Waals surface area (Å²) in [6.45, 7) is 14.6.